The molecule has 4 rings (SSSR count). The molecule has 1 amide bonds. The third-order valence-electron chi connectivity index (χ3n) is 6.73. The summed E-state index contributed by atoms with van der Waals surface area (Å²) in [5.41, 5.74) is -0.168. The number of rotatable bonds is 2. The normalized spacial score (nSPS) is 40.0. The molecule has 1 aliphatic heterocycles. The minimum Gasteiger partial charge on any atom is -0.322 e. The van der Waals surface area contributed by atoms with Crippen LogP contribution in [0.5, 0.6) is 0 Å². The molecule has 3 aliphatic carbocycles. The summed E-state index contributed by atoms with van der Waals surface area (Å²) < 4.78 is 0. The largest absolute Gasteiger partial charge is 0.322 e. The molecule has 0 bridgehead atoms. The maximum absolute atomic E-state index is 13.3. The lowest BCUT2D eigenvalue weighted by Crippen LogP contribution is -2.47. The van der Waals surface area contributed by atoms with E-state index in [1.807, 2.05) is 0 Å². The average molecular weight is 290 g/mol. The van der Waals surface area contributed by atoms with E-state index in [-0.39, 0.29) is 5.54 Å². The molecular weight excluding hydrogens is 260 g/mol. The van der Waals surface area contributed by atoms with Crippen LogP contribution >= 0.6 is 0 Å². The van der Waals surface area contributed by atoms with Crippen molar-refractivity contribution in [3.8, 4) is 0 Å². The van der Waals surface area contributed by atoms with Crippen LogP contribution < -0.4 is 5.32 Å². The lowest BCUT2D eigenvalue weighted by molar-refractivity contribution is -0.135. The first-order valence-corrected chi connectivity index (χ1v) is 9.30. The molecule has 21 heavy (non-hydrogen) atoms. The minimum atomic E-state index is -0.168. The zero-order valence-corrected chi connectivity index (χ0v) is 13.4. The van der Waals surface area contributed by atoms with E-state index in [1.165, 1.54) is 57.8 Å². The van der Waals surface area contributed by atoms with Crippen molar-refractivity contribution in [2.24, 2.45) is 11.8 Å². The van der Waals surface area contributed by atoms with Gasteiger partial charge >= 0.3 is 0 Å². The summed E-state index contributed by atoms with van der Waals surface area (Å²) in [4.78, 5) is 15.6. The van der Waals surface area contributed by atoms with Crippen LogP contribution in [0.2, 0.25) is 0 Å². The summed E-state index contributed by atoms with van der Waals surface area (Å²) in [6.45, 7) is 2.35. The van der Waals surface area contributed by atoms with Crippen molar-refractivity contribution in [1.29, 1.82) is 0 Å². The van der Waals surface area contributed by atoms with Crippen LogP contribution in [0.1, 0.15) is 77.6 Å². The monoisotopic (exact) mass is 290 g/mol. The molecular formula is C18H30N2O. The van der Waals surface area contributed by atoms with E-state index in [0.717, 1.165) is 18.8 Å². The highest BCUT2D eigenvalue weighted by Crippen LogP contribution is 2.44. The molecule has 1 N–H and O–H groups in total. The summed E-state index contributed by atoms with van der Waals surface area (Å²) >= 11 is 0. The zero-order valence-electron chi connectivity index (χ0n) is 13.4. The van der Waals surface area contributed by atoms with Gasteiger partial charge in [0.1, 0.15) is 0 Å². The molecule has 0 aromatic rings. The van der Waals surface area contributed by atoms with Crippen molar-refractivity contribution < 1.29 is 4.79 Å². The lowest BCUT2D eigenvalue weighted by Gasteiger charge is -2.34. The van der Waals surface area contributed by atoms with Gasteiger partial charge in [-0.15, -0.1) is 0 Å². The molecule has 0 aromatic heterocycles. The molecule has 1 heterocycles. The molecule has 118 valence electrons. The molecule has 1 saturated heterocycles. The highest BCUT2D eigenvalue weighted by Gasteiger charge is 2.56. The van der Waals surface area contributed by atoms with E-state index < -0.39 is 0 Å². The van der Waals surface area contributed by atoms with Gasteiger partial charge in [-0.25, -0.2) is 0 Å². The van der Waals surface area contributed by atoms with Gasteiger partial charge in [0.05, 0.1) is 11.7 Å². The SMILES string of the molecule is CC1CCC(N2C(=O)C3(CCCC3)NC2C2CCCC2)C1. The van der Waals surface area contributed by atoms with Crippen molar-refractivity contribution in [3.63, 3.8) is 0 Å². The number of nitrogens with one attached hydrogen (secondary N) is 1. The number of amides is 1. The van der Waals surface area contributed by atoms with Crippen molar-refractivity contribution in [1.82, 2.24) is 10.2 Å². The van der Waals surface area contributed by atoms with E-state index in [0.29, 0.717) is 24.0 Å². The molecule has 3 heteroatoms. The minimum absolute atomic E-state index is 0.168. The van der Waals surface area contributed by atoms with Crippen LogP contribution in [0.3, 0.4) is 0 Å². The Morgan fingerprint density at radius 2 is 1.76 bits per heavy atom. The molecule has 1 spiro atoms. The number of nitrogens with zero attached hydrogens (tertiary/aromatic N) is 1. The molecule has 4 aliphatic rings. The lowest BCUT2D eigenvalue weighted by atomic mass is 9.97. The molecule has 4 fully saturated rings. The second-order valence-corrected chi connectivity index (χ2v) is 8.21. The zero-order chi connectivity index (χ0) is 14.4. The Bertz CT molecular complexity index is 409. The Kier molecular flexibility index (Phi) is 3.52. The van der Waals surface area contributed by atoms with Crippen LogP contribution in [0, 0.1) is 11.8 Å². The third kappa shape index (κ3) is 2.23. The predicted molar refractivity (Wildman–Crippen MR) is 83.7 cm³/mol. The van der Waals surface area contributed by atoms with Crippen molar-refractivity contribution in [2.75, 3.05) is 0 Å². The first kappa shape index (κ1) is 14.0. The Morgan fingerprint density at radius 1 is 1.05 bits per heavy atom. The van der Waals surface area contributed by atoms with Gasteiger partial charge < -0.3 is 4.90 Å². The number of hydrogen-bond donors (Lipinski definition) is 1. The maximum atomic E-state index is 13.3. The van der Waals surface area contributed by atoms with Gasteiger partial charge in [-0.3, -0.25) is 10.1 Å². The fourth-order valence-corrected chi connectivity index (χ4v) is 5.57. The van der Waals surface area contributed by atoms with Gasteiger partial charge in [0.15, 0.2) is 0 Å². The number of hydrogen-bond acceptors (Lipinski definition) is 2. The van der Waals surface area contributed by atoms with Crippen LogP contribution in [-0.2, 0) is 4.79 Å². The molecule has 3 saturated carbocycles. The summed E-state index contributed by atoms with van der Waals surface area (Å²) in [7, 11) is 0. The van der Waals surface area contributed by atoms with E-state index in [2.05, 4.69) is 17.1 Å². The maximum Gasteiger partial charge on any atom is 0.244 e. The molecule has 3 atom stereocenters. The highest BCUT2D eigenvalue weighted by atomic mass is 16.2. The second-order valence-electron chi connectivity index (χ2n) is 8.21. The summed E-state index contributed by atoms with van der Waals surface area (Å²) in [5, 5.41) is 3.88. The van der Waals surface area contributed by atoms with E-state index in [1.54, 1.807) is 0 Å². The topological polar surface area (TPSA) is 32.3 Å². The summed E-state index contributed by atoms with van der Waals surface area (Å²) in [6, 6.07) is 0.519. The van der Waals surface area contributed by atoms with Crippen molar-refractivity contribution in [3.05, 3.63) is 0 Å². The van der Waals surface area contributed by atoms with Gasteiger partial charge in [-0.05, 0) is 56.8 Å². The van der Waals surface area contributed by atoms with E-state index in [9.17, 15) is 4.79 Å². The number of carbonyl (C=O) groups excluding carboxylic acids is 1. The molecule has 3 nitrogen and oxygen atoms in total. The van der Waals surface area contributed by atoms with Gasteiger partial charge in [0.25, 0.3) is 0 Å². The van der Waals surface area contributed by atoms with Gasteiger partial charge in [0.2, 0.25) is 5.91 Å². The number of carbonyl (C=O) groups is 1. The Morgan fingerprint density at radius 3 is 2.38 bits per heavy atom. The molecule has 0 aromatic carbocycles. The van der Waals surface area contributed by atoms with Crippen LogP contribution in [0.4, 0.5) is 0 Å². The fraction of sp³-hybridized carbons (Fsp3) is 0.944. The fourth-order valence-electron chi connectivity index (χ4n) is 5.57. The average Bonchev–Trinajstić information content (AvgIpc) is 3.22. The van der Waals surface area contributed by atoms with Gasteiger partial charge in [-0.2, -0.15) is 0 Å². The van der Waals surface area contributed by atoms with Crippen LogP contribution in [0.15, 0.2) is 0 Å². The van der Waals surface area contributed by atoms with Gasteiger partial charge in [0, 0.05) is 6.04 Å². The molecule has 0 radical (unpaired) electrons. The van der Waals surface area contributed by atoms with Crippen LogP contribution in [-0.4, -0.2) is 28.6 Å². The van der Waals surface area contributed by atoms with Crippen LogP contribution in [0.25, 0.3) is 0 Å². The standard InChI is InChI=1S/C18H30N2O/c1-13-8-9-15(12-13)20-16(14-6-2-3-7-14)19-18(17(20)21)10-4-5-11-18/h13-16,19H,2-12H2,1H3. The van der Waals surface area contributed by atoms with Crippen molar-refractivity contribution in [2.45, 2.75) is 95.3 Å². The Hall–Kier alpha value is -0.570. The highest BCUT2D eigenvalue weighted by molar-refractivity contribution is 5.89. The van der Waals surface area contributed by atoms with Gasteiger partial charge in [-0.1, -0.05) is 32.6 Å². The summed E-state index contributed by atoms with van der Waals surface area (Å²) in [5.74, 6) is 1.98. The second kappa shape index (κ2) is 5.26. The third-order valence-corrected chi connectivity index (χ3v) is 6.73. The van der Waals surface area contributed by atoms with Crippen molar-refractivity contribution >= 4 is 5.91 Å². The Labute approximate surface area is 128 Å². The molecule has 3 unspecified atom stereocenters. The Balaban J connectivity index is 1.61. The first-order valence-electron chi connectivity index (χ1n) is 9.30. The first-order chi connectivity index (χ1) is 10.2. The quantitative estimate of drug-likeness (QED) is 0.845. The smallest absolute Gasteiger partial charge is 0.244 e. The van der Waals surface area contributed by atoms with E-state index in [4.69, 9.17) is 0 Å². The summed E-state index contributed by atoms with van der Waals surface area (Å²) in [6.07, 6.45) is 14.1. The predicted octanol–water partition coefficient (Wildman–Crippen LogP) is 3.44. The van der Waals surface area contributed by atoms with E-state index >= 15 is 0 Å².